The highest BCUT2D eigenvalue weighted by atomic mass is 15.1. The van der Waals surface area contributed by atoms with Gasteiger partial charge in [0, 0.05) is 11.6 Å². The minimum Gasteiger partial charge on any atom is -0.399 e. The largest absolute Gasteiger partial charge is 0.399 e. The summed E-state index contributed by atoms with van der Waals surface area (Å²) in [6.45, 7) is 0. The highest BCUT2D eigenvalue weighted by Crippen LogP contribution is 2.39. The molecule has 0 radical (unpaired) electrons. The lowest BCUT2D eigenvalue weighted by molar-refractivity contribution is 0.381. The summed E-state index contributed by atoms with van der Waals surface area (Å²) in [6.07, 6.45) is 7.98. The Morgan fingerprint density at radius 2 is 2.27 bits per heavy atom. The summed E-state index contributed by atoms with van der Waals surface area (Å²) in [4.78, 5) is 0. The first-order valence-corrected chi connectivity index (χ1v) is 3.93. The van der Waals surface area contributed by atoms with Crippen LogP contribution in [0.1, 0.15) is 12.8 Å². The Hall–Kier alpha value is -0.960. The molecule has 1 aliphatic carbocycles. The first-order chi connectivity index (χ1) is 5.23. The van der Waals surface area contributed by atoms with Gasteiger partial charge in [-0.3, -0.25) is 0 Å². The molecule has 0 aromatic heterocycles. The Balaban J connectivity index is 2.24. The van der Waals surface area contributed by atoms with E-state index in [-0.39, 0.29) is 0 Å². The molecule has 11 heavy (non-hydrogen) atoms. The van der Waals surface area contributed by atoms with Gasteiger partial charge in [-0.25, -0.2) is 0 Å². The molecule has 60 valence electrons. The maximum Gasteiger partial charge on any atom is 0.129 e. The van der Waals surface area contributed by atoms with E-state index in [9.17, 15) is 0 Å². The molecular weight excluding hydrogens is 138 g/mol. The normalized spacial score (nSPS) is 36.3. The monoisotopic (exact) mass is 151 g/mol. The molecule has 1 unspecified atom stereocenters. The molecule has 0 saturated heterocycles. The Kier molecular flexibility index (Phi) is 1.23. The lowest BCUT2D eigenvalue weighted by Crippen LogP contribution is -2.57. The number of hydrogen-bond acceptors (Lipinski definition) is 3. The molecule has 0 spiro atoms. The average molecular weight is 151 g/mol. The number of dihydropyridines is 1. The van der Waals surface area contributed by atoms with Gasteiger partial charge >= 0.3 is 0 Å². The summed E-state index contributed by atoms with van der Waals surface area (Å²) in [5, 5.41) is 3.11. The zero-order valence-corrected chi connectivity index (χ0v) is 6.38. The third kappa shape index (κ3) is 0.922. The van der Waals surface area contributed by atoms with E-state index in [0.29, 0.717) is 5.92 Å². The van der Waals surface area contributed by atoms with Crippen molar-refractivity contribution in [2.75, 3.05) is 0 Å². The van der Waals surface area contributed by atoms with Crippen molar-refractivity contribution in [1.82, 2.24) is 5.32 Å². The van der Waals surface area contributed by atoms with Crippen LogP contribution in [0.3, 0.4) is 0 Å². The fourth-order valence-electron chi connectivity index (χ4n) is 1.45. The van der Waals surface area contributed by atoms with Crippen molar-refractivity contribution in [3.05, 3.63) is 24.0 Å². The third-order valence-corrected chi connectivity index (χ3v) is 2.39. The molecule has 2 rings (SSSR count). The van der Waals surface area contributed by atoms with Crippen LogP contribution < -0.4 is 16.8 Å². The SMILES string of the molecule is NC1=CC=CNC1(N)C1CC1. The Bertz CT molecular complexity index is 227. The molecule has 0 amide bonds. The highest BCUT2D eigenvalue weighted by molar-refractivity contribution is 5.28. The van der Waals surface area contributed by atoms with Crippen molar-refractivity contribution in [2.24, 2.45) is 17.4 Å². The molecule has 2 aliphatic rings. The molecule has 1 fully saturated rings. The van der Waals surface area contributed by atoms with Gasteiger partial charge in [0.15, 0.2) is 0 Å². The first-order valence-electron chi connectivity index (χ1n) is 3.93. The second-order valence-corrected chi connectivity index (χ2v) is 3.27. The Morgan fingerprint density at radius 1 is 1.55 bits per heavy atom. The molecule has 0 aromatic carbocycles. The maximum absolute atomic E-state index is 6.05. The molecule has 0 bridgehead atoms. The predicted octanol–water partition coefficient (Wildman–Crippen LogP) is 0.0109. The van der Waals surface area contributed by atoms with Crippen LogP contribution in [0, 0.1) is 5.92 Å². The summed E-state index contributed by atoms with van der Waals surface area (Å²) in [5.74, 6) is 0.531. The summed E-state index contributed by atoms with van der Waals surface area (Å²) >= 11 is 0. The van der Waals surface area contributed by atoms with Gasteiger partial charge in [0.2, 0.25) is 0 Å². The maximum atomic E-state index is 6.05. The van der Waals surface area contributed by atoms with Gasteiger partial charge in [-0.15, -0.1) is 0 Å². The lowest BCUT2D eigenvalue weighted by Gasteiger charge is -2.32. The van der Waals surface area contributed by atoms with E-state index >= 15 is 0 Å². The summed E-state index contributed by atoms with van der Waals surface area (Å²) in [5.41, 5.74) is 12.1. The first kappa shape index (κ1) is 6.73. The number of nitrogens with two attached hydrogens (primary N) is 2. The van der Waals surface area contributed by atoms with Crippen molar-refractivity contribution in [3.63, 3.8) is 0 Å². The molecule has 1 atom stereocenters. The van der Waals surface area contributed by atoms with Crippen LogP contribution in [0.25, 0.3) is 0 Å². The van der Waals surface area contributed by atoms with Crippen LogP contribution in [0.2, 0.25) is 0 Å². The van der Waals surface area contributed by atoms with Crippen molar-refractivity contribution in [2.45, 2.75) is 18.5 Å². The number of allylic oxidation sites excluding steroid dienone is 2. The fourth-order valence-corrected chi connectivity index (χ4v) is 1.45. The van der Waals surface area contributed by atoms with Gasteiger partial charge < -0.3 is 16.8 Å². The molecule has 3 heteroatoms. The van der Waals surface area contributed by atoms with Gasteiger partial charge in [0.1, 0.15) is 5.66 Å². The van der Waals surface area contributed by atoms with E-state index in [4.69, 9.17) is 11.5 Å². The smallest absolute Gasteiger partial charge is 0.129 e. The predicted molar refractivity (Wildman–Crippen MR) is 44.2 cm³/mol. The van der Waals surface area contributed by atoms with E-state index < -0.39 is 5.66 Å². The Labute approximate surface area is 66.1 Å². The van der Waals surface area contributed by atoms with E-state index in [1.54, 1.807) is 0 Å². The van der Waals surface area contributed by atoms with Gasteiger partial charge in [0.25, 0.3) is 0 Å². The lowest BCUT2D eigenvalue weighted by atomic mass is 9.99. The minimum atomic E-state index is -0.450. The van der Waals surface area contributed by atoms with Gasteiger partial charge in [-0.05, 0) is 31.2 Å². The minimum absolute atomic E-state index is 0.450. The second kappa shape index (κ2) is 2.01. The van der Waals surface area contributed by atoms with Crippen LogP contribution >= 0.6 is 0 Å². The van der Waals surface area contributed by atoms with Gasteiger partial charge in [0.05, 0.1) is 0 Å². The standard InChI is InChI=1S/C8H13N3/c9-7-2-1-5-11-8(7,10)6-3-4-6/h1-2,5-6,11H,3-4,9-10H2. The van der Waals surface area contributed by atoms with Gasteiger partial charge in [-0.1, -0.05) is 0 Å². The molecule has 0 aromatic rings. The number of rotatable bonds is 1. The molecular formula is C8H13N3. The average Bonchev–Trinajstić information content (AvgIpc) is 2.77. The van der Waals surface area contributed by atoms with Crippen LogP contribution in [0.5, 0.6) is 0 Å². The summed E-state index contributed by atoms with van der Waals surface area (Å²) < 4.78 is 0. The third-order valence-electron chi connectivity index (χ3n) is 2.39. The molecule has 5 N–H and O–H groups in total. The second-order valence-electron chi connectivity index (χ2n) is 3.27. The van der Waals surface area contributed by atoms with E-state index in [0.717, 1.165) is 5.70 Å². The quantitative estimate of drug-likeness (QED) is 0.494. The van der Waals surface area contributed by atoms with E-state index in [1.807, 2.05) is 18.4 Å². The fraction of sp³-hybridized carbons (Fsp3) is 0.500. The van der Waals surface area contributed by atoms with Crippen LogP contribution in [-0.2, 0) is 0 Å². The molecule has 1 heterocycles. The van der Waals surface area contributed by atoms with Gasteiger partial charge in [-0.2, -0.15) is 0 Å². The van der Waals surface area contributed by atoms with Crippen LogP contribution in [0.15, 0.2) is 24.0 Å². The van der Waals surface area contributed by atoms with Crippen molar-refractivity contribution in [3.8, 4) is 0 Å². The van der Waals surface area contributed by atoms with Crippen LogP contribution in [-0.4, -0.2) is 5.66 Å². The molecule has 1 saturated carbocycles. The van der Waals surface area contributed by atoms with Crippen molar-refractivity contribution >= 4 is 0 Å². The summed E-state index contributed by atoms with van der Waals surface area (Å²) in [6, 6.07) is 0. The summed E-state index contributed by atoms with van der Waals surface area (Å²) in [7, 11) is 0. The highest BCUT2D eigenvalue weighted by Gasteiger charge is 2.44. The van der Waals surface area contributed by atoms with E-state index in [2.05, 4.69) is 5.32 Å². The number of nitrogens with one attached hydrogen (secondary N) is 1. The number of hydrogen-bond donors (Lipinski definition) is 3. The van der Waals surface area contributed by atoms with E-state index in [1.165, 1.54) is 12.8 Å². The van der Waals surface area contributed by atoms with Crippen molar-refractivity contribution in [1.29, 1.82) is 0 Å². The Morgan fingerprint density at radius 3 is 2.82 bits per heavy atom. The molecule has 3 nitrogen and oxygen atoms in total. The zero-order valence-electron chi connectivity index (χ0n) is 6.38. The van der Waals surface area contributed by atoms with Crippen LogP contribution in [0.4, 0.5) is 0 Å². The zero-order chi connectivity index (χ0) is 7.90. The molecule has 1 aliphatic heterocycles. The van der Waals surface area contributed by atoms with Crippen molar-refractivity contribution < 1.29 is 0 Å². The topological polar surface area (TPSA) is 64.1 Å².